The summed E-state index contributed by atoms with van der Waals surface area (Å²) >= 11 is 0. The van der Waals surface area contributed by atoms with Crippen LogP contribution in [0.1, 0.15) is 21.6 Å². The van der Waals surface area contributed by atoms with Crippen molar-refractivity contribution in [2.75, 3.05) is 0 Å². The van der Waals surface area contributed by atoms with Gasteiger partial charge in [-0.1, -0.05) is 12.1 Å². The minimum Gasteiger partial charge on any atom is -0.505 e. The Labute approximate surface area is 157 Å². The Hall–Kier alpha value is -3.62. The average molecular weight is 389 g/mol. The van der Waals surface area contributed by atoms with Crippen LogP contribution in [0.2, 0.25) is 0 Å². The zero-order chi connectivity index (χ0) is 20.1. The number of benzene rings is 1. The molecule has 28 heavy (non-hydrogen) atoms. The van der Waals surface area contributed by atoms with Gasteiger partial charge >= 0.3 is 6.18 Å². The molecule has 9 heteroatoms. The summed E-state index contributed by atoms with van der Waals surface area (Å²) in [6, 6.07) is 10.4. The number of rotatable bonds is 5. The van der Waals surface area contributed by atoms with E-state index in [0.29, 0.717) is 5.56 Å². The number of aromatic nitrogens is 2. The highest BCUT2D eigenvalue weighted by Gasteiger charge is 2.30. The van der Waals surface area contributed by atoms with E-state index in [1.165, 1.54) is 36.7 Å². The second-order valence-electron chi connectivity index (χ2n) is 5.65. The standard InChI is InChI=1S/C19H14F3N3O3/c20-19(21,22)13-5-1-6-14(10-13)28-18-12(4-2-9-24-18)11-25-17(27)16-15(26)7-3-8-23-16/h1-10,26H,11H2,(H,25,27). The molecule has 144 valence electrons. The van der Waals surface area contributed by atoms with Gasteiger partial charge in [0.2, 0.25) is 5.88 Å². The Balaban J connectivity index is 1.75. The van der Waals surface area contributed by atoms with Crippen molar-refractivity contribution < 1.29 is 27.8 Å². The summed E-state index contributed by atoms with van der Waals surface area (Å²) in [5.41, 5.74) is -0.558. The summed E-state index contributed by atoms with van der Waals surface area (Å²) in [5, 5.41) is 12.2. The molecule has 3 rings (SSSR count). The number of hydrogen-bond acceptors (Lipinski definition) is 5. The largest absolute Gasteiger partial charge is 0.505 e. The molecule has 0 bridgehead atoms. The Morgan fingerprint density at radius 2 is 1.82 bits per heavy atom. The van der Waals surface area contributed by atoms with Gasteiger partial charge in [-0.3, -0.25) is 4.79 Å². The van der Waals surface area contributed by atoms with Gasteiger partial charge in [0.1, 0.15) is 11.5 Å². The molecule has 0 saturated heterocycles. The van der Waals surface area contributed by atoms with Crippen molar-refractivity contribution >= 4 is 5.91 Å². The number of pyridine rings is 2. The number of nitrogens with one attached hydrogen (secondary N) is 1. The molecular weight excluding hydrogens is 375 g/mol. The molecule has 2 N–H and O–H groups in total. The van der Waals surface area contributed by atoms with E-state index in [-0.39, 0.29) is 29.6 Å². The molecular formula is C19H14F3N3O3. The van der Waals surface area contributed by atoms with Crippen LogP contribution >= 0.6 is 0 Å². The third-order valence-corrected chi connectivity index (χ3v) is 3.67. The fraction of sp³-hybridized carbons (Fsp3) is 0.105. The van der Waals surface area contributed by atoms with E-state index in [9.17, 15) is 23.1 Å². The van der Waals surface area contributed by atoms with Crippen LogP contribution in [0, 0.1) is 0 Å². The highest BCUT2D eigenvalue weighted by atomic mass is 19.4. The maximum atomic E-state index is 12.8. The summed E-state index contributed by atoms with van der Waals surface area (Å²) in [4.78, 5) is 20.0. The van der Waals surface area contributed by atoms with Crippen LogP contribution in [0.3, 0.4) is 0 Å². The summed E-state index contributed by atoms with van der Waals surface area (Å²) in [6.45, 7) is -0.0308. The Morgan fingerprint density at radius 3 is 2.57 bits per heavy atom. The SMILES string of the molecule is O=C(NCc1cccnc1Oc1cccc(C(F)(F)F)c1)c1ncccc1O. The Morgan fingerprint density at radius 1 is 1.07 bits per heavy atom. The quantitative estimate of drug-likeness (QED) is 0.691. The molecule has 0 fully saturated rings. The van der Waals surface area contributed by atoms with Gasteiger partial charge in [-0.05, 0) is 36.4 Å². The van der Waals surface area contributed by atoms with Crippen LogP contribution in [0.25, 0.3) is 0 Å². The second-order valence-corrected chi connectivity index (χ2v) is 5.65. The lowest BCUT2D eigenvalue weighted by Gasteiger charge is -2.12. The van der Waals surface area contributed by atoms with E-state index in [2.05, 4.69) is 15.3 Å². The van der Waals surface area contributed by atoms with Crippen LogP contribution in [-0.4, -0.2) is 21.0 Å². The molecule has 0 saturated carbocycles. The molecule has 6 nitrogen and oxygen atoms in total. The number of hydrogen-bond donors (Lipinski definition) is 2. The van der Waals surface area contributed by atoms with Gasteiger partial charge in [0.25, 0.3) is 5.91 Å². The lowest BCUT2D eigenvalue weighted by atomic mass is 10.2. The fourth-order valence-electron chi connectivity index (χ4n) is 2.33. The first kappa shape index (κ1) is 19.2. The summed E-state index contributed by atoms with van der Waals surface area (Å²) in [7, 11) is 0. The van der Waals surface area contributed by atoms with Gasteiger partial charge in [-0.2, -0.15) is 13.2 Å². The maximum Gasteiger partial charge on any atom is 0.416 e. The number of carbonyl (C=O) groups is 1. The number of nitrogens with zero attached hydrogens (tertiary/aromatic N) is 2. The third-order valence-electron chi connectivity index (χ3n) is 3.67. The van der Waals surface area contributed by atoms with E-state index in [1.54, 1.807) is 12.1 Å². The number of carbonyl (C=O) groups excluding carboxylic acids is 1. The molecule has 0 aliphatic heterocycles. The molecule has 2 aromatic heterocycles. The molecule has 0 aliphatic rings. The molecule has 0 unspecified atom stereocenters. The number of halogens is 3. The van der Waals surface area contributed by atoms with Crippen molar-refractivity contribution in [2.24, 2.45) is 0 Å². The van der Waals surface area contributed by atoms with Gasteiger partial charge < -0.3 is 15.2 Å². The monoisotopic (exact) mass is 389 g/mol. The van der Waals surface area contributed by atoms with Gasteiger partial charge in [0, 0.05) is 24.5 Å². The second kappa shape index (κ2) is 7.95. The molecule has 0 aliphatic carbocycles. The van der Waals surface area contributed by atoms with Crippen LogP contribution < -0.4 is 10.1 Å². The maximum absolute atomic E-state index is 12.8. The van der Waals surface area contributed by atoms with Crippen molar-refractivity contribution in [3.8, 4) is 17.4 Å². The highest BCUT2D eigenvalue weighted by molar-refractivity contribution is 5.94. The van der Waals surface area contributed by atoms with E-state index in [0.717, 1.165) is 12.1 Å². The predicted octanol–water partition coefficient (Wildman–Crippen LogP) is 3.92. The summed E-state index contributed by atoms with van der Waals surface area (Å²) in [5.74, 6) is -0.880. The number of ether oxygens (including phenoxy) is 1. The van der Waals surface area contributed by atoms with E-state index >= 15 is 0 Å². The predicted molar refractivity (Wildman–Crippen MR) is 92.8 cm³/mol. The topological polar surface area (TPSA) is 84.3 Å². The summed E-state index contributed by atoms with van der Waals surface area (Å²) < 4.78 is 44.0. The zero-order valence-corrected chi connectivity index (χ0v) is 14.3. The molecule has 0 spiro atoms. The first-order valence-corrected chi connectivity index (χ1v) is 8.06. The van der Waals surface area contributed by atoms with Gasteiger partial charge in [0.05, 0.1) is 5.56 Å². The smallest absolute Gasteiger partial charge is 0.416 e. The highest BCUT2D eigenvalue weighted by Crippen LogP contribution is 2.32. The van der Waals surface area contributed by atoms with Crippen LogP contribution in [0.5, 0.6) is 17.4 Å². The van der Waals surface area contributed by atoms with E-state index in [1.807, 2.05) is 0 Å². The minimum absolute atomic E-state index is 0.0308. The number of amides is 1. The molecule has 1 amide bonds. The van der Waals surface area contributed by atoms with E-state index in [4.69, 9.17) is 4.74 Å². The normalized spacial score (nSPS) is 11.1. The molecule has 2 heterocycles. The van der Waals surface area contributed by atoms with E-state index < -0.39 is 17.6 Å². The first-order valence-electron chi connectivity index (χ1n) is 8.06. The van der Waals surface area contributed by atoms with Crippen molar-refractivity contribution in [1.29, 1.82) is 0 Å². The lowest BCUT2D eigenvalue weighted by molar-refractivity contribution is -0.137. The summed E-state index contributed by atoms with van der Waals surface area (Å²) in [6.07, 6.45) is -1.72. The molecule has 0 atom stereocenters. The number of alkyl halides is 3. The van der Waals surface area contributed by atoms with Crippen LogP contribution in [0.4, 0.5) is 13.2 Å². The van der Waals surface area contributed by atoms with Crippen molar-refractivity contribution in [1.82, 2.24) is 15.3 Å². The van der Waals surface area contributed by atoms with Crippen molar-refractivity contribution in [3.63, 3.8) is 0 Å². The Bertz CT molecular complexity index is 993. The average Bonchev–Trinajstić information content (AvgIpc) is 2.67. The zero-order valence-electron chi connectivity index (χ0n) is 14.3. The minimum atomic E-state index is -4.50. The lowest BCUT2D eigenvalue weighted by Crippen LogP contribution is -2.24. The molecule has 1 aromatic carbocycles. The molecule has 3 aromatic rings. The van der Waals surface area contributed by atoms with Crippen LogP contribution in [0.15, 0.2) is 60.9 Å². The van der Waals surface area contributed by atoms with Gasteiger partial charge in [0.15, 0.2) is 5.69 Å². The number of aromatic hydroxyl groups is 1. The molecule has 0 radical (unpaired) electrons. The third kappa shape index (κ3) is 4.56. The van der Waals surface area contributed by atoms with Gasteiger partial charge in [-0.15, -0.1) is 0 Å². The Kier molecular flexibility index (Phi) is 5.44. The van der Waals surface area contributed by atoms with Gasteiger partial charge in [-0.25, -0.2) is 9.97 Å². The van der Waals surface area contributed by atoms with Crippen molar-refractivity contribution in [3.05, 3.63) is 77.7 Å². The fourth-order valence-corrected chi connectivity index (χ4v) is 2.33. The van der Waals surface area contributed by atoms with Crippen LogP contribution in [-0.2, 0) is 12.7 Å². The van der Waals surface area contributed by atoms with Crippen molar-refractivity contribution in [2.45, 2.75) is 12.7 Å². The first-order chi connectivity index (χ1) is 13.3.